The molecule has 0 spiro atoms. The van der Waals surface area contributed by atoms with Crippen LogP contribution in [0, 0.1) is 17.7 Å². The van der Waals surface area contributed by atoms with Gasteiger partial charge in [0.2, 0.25) is 0 Å². The first kappa shape index (κ1) is 16.3. The second kappa shape index (κ2) is 7.31. The first-order chi connectivity index (χ1) is 11.6. The molecule has 118 valence electrons. The Labute approximate surface area is 147 Å². The average Bonchev–Trinajstić information content (AvgIpc) is 3.06. The van der Waals surface area contributed by atoms with Crippen LogP contribution in [0.5, 0.6) is 0 Å². The van der Waals surface area contributed by atoms with Gasteiger partial charge < -0.3 is 5.32 Å². The van der Waals surface area contributed by atoms with E-state index in [9.17, 15) is 9.18 Å². The van der Waals surface area contributed by atoms with E-state index in [4.69, 9.17) is 11.6 Å². The van der Waals surface area contributed by atoms with Crippen LogP contribution in [-0.4, -0.2) is 5.91 Å². The monoisotopic (exact) mass is 355 g/mol. The maximum atomic E-state index is 13.8. The van der Waals surface area contributed by atoms with Crippen molar-refractivity contribution in [2.45, 2.75) is 0 Å². The second-order valence-electron chi connectivity index (χ2n) is 4.86. The molecule has 0 bridgehead atoms. The van der Waals surface area contributed by atoms with E-state index in [1.165, 1.54) is 18.2 Å². The van der Waals surface area contributed by atoms with E-state index in [1.807, 2.05) is 23.6 Å². The lowest BCUT2D eigenvalue weighted by Crippen LogP contribution is -2.14. The number of halogens is 2. The summed E-state index contributed by atoms with van der Waals surface area (Å²) >= 11 is 7.46. The van der Waals surface area contributed by atoms with Crippen LogP contribution in [-0.2, 0) is 0 Å². The van der Waals surface area contributed by atoms with Crippen molar-refractivity contribution in [2.24, 2.45) is 0 Å². The van der Waals surface area contributed by atoms with Gasteiger partial charge in [-0.05, 0) is 41.8 Å². The molecule has 0 aliphatic heterocycles. The summed E-state index contributed by atoms with van der Waals surface area (Å²) in [5, 5.41) is 4.67. The van der Waals surface area contributed by atoms with Crippen LogP contribution in [0.1, 0.15) is 20.8 Å². The molecule has 3 aromatic rings. The number of benzene rings is 2. The van der Waals surface area contributed by atoms with Crippen molar-refractivity contribution in [1.29, 1.82) is 0 Å². The average molecular weight is 356 g/mol. The number of carbonyl (C=O) groups excluding carboxylic acids is 1. The highest BCUT2D eigenvalue weighted by Crippen LogP contribution is 2.21. The van der Waals surface area contributed by atoms with Crippen molar-refractivity contribution in [1.82, 2.24) is 0 Å². The summed E-state index contributed by atoms with van der Waals surface area (Å²) in [5.41, 5.74) is 1.10. The van der Waals surface area contributed by atoms with Crippen LogP contribution in [0.2, 0.25) is 5.02 Å². The number of thiophene rings is 1. The fourth-order valence-electron chi connectivity index (χ4n) is 2.07. The van der Waals surface area contributed by atoms with Crippen molar-refractivity contribution in [2.75, 3.05) is 5.32 Å². The molecule has 0 saturated heterocycles. The minimum absolute atomic E-state index is 0.0705. The van der Waals surface area contributed by atoms with Crippen molar-refractivity contribution < 1.29 is 9.18 Å². The van der Waals surface area contributed by atoms with E-state index in [0.29, 0.717) is 5.69 Å². The van der Waals surface area contributed by atoms with E-state index >= 15 is 0 Å². The van der Waals surface area contributed by atoms with E-state index in [-0.39, 0.29) is 10.6 Å². The topological polar surface area (TPSA) is 29.1 Å². The van der Waals surface area contributed by atoms with Crippen molar-refractivity contribution in [3.05, 3.63) is 86.8 Å². The standard InChI is InChI=1S/C19H11ClFNOS/c20-16-7-2-8-17(21)18(16)19(23)22-14-5-1-4-13(12-14)9-10-15-6-3-11-24-15/h1-8,11-12H,(H,22,23). The van der Waals surface area contributed by atoms with Crippen LogP contribution in [0.3, 0.4) is 0 Å². The highest BCUT2D eigenvalue weighted by Gasteiger charge is 2.15. The lowest BCUT2D eigenvalue weighted by molar-refractivity contribution is 0.102. The summed E-state index contributed by atoms with van der Waals surface area (Å²) in [4.78, 5) is 13.2. The SMILES string of the molecule is O=C(Nc1cccc(C#Cc2cccs2)c1)c1c(F)cccc1Cl. The largest absolute Gasteiger partial charge is 0.322 e. The minimum atomic E-state index is -0.659. The second-order valence-corrected chi connectivity index (χ2v) is 6.21. The maximum absolute atomic E-state index is 13.8. The summed E-state index contributed by atoms with van der Waals surface area (Å²) < 4.78 is 13.8. The first-order valence-corrected chi connectivity index (χ1v) is 8.30. The molecule has 0 aliphatic rings. The number of nitrogens with one attached hydrogen (secondary N) is 1. The van der Waals surface area contributed by atoms with E-state index in [1.54, 1.807) is 29.5 Å². The molecular weight excluding hydrogens is 345 g/mol. The van der Waals surface area contributed by atoms with Gasteiger partial charge in [-0.1, -0.05) is 41.6 Å². The van der Waals surface area contributed by atoms with E-state index in [2.05, 4.69) is 17.2 Å². The van der Waals surface area contributed by atoms with Gasteiger partial charge in [-0.2, -0.15) is 0 Å². The molecule has 2 aromatic carbocycles. The molecule has 1 heterocycles. The zero-order valence-corrected chi connectivity index (χ0v) is 13.9. The molecule has 1 N–H and O–H groups in total. The molecule has 0 radical (unpaired) electrons. The summed E-state index contributed by atoms with van der Waals surface area (Å²) in [5.74, 6) is 4.82. The van der Waals surface area contributed by atoms with E-state index < -0.39 is 11.7 Å². The Morgan fingerprint density at radius 2 is 1.92 bits per heavy atom. The van der Waals surface area contributed by atoms with Crippen LogP contribution < -0.4 is 5.32 Å². The van der Waals surface area contributed by atoms with Crippen molar-refractivity contribution in [3.8, 4) is 11.8 Å². The van der Waals surface area contributed by atoms with Crippen LogP contribution in [0.25, 0.3) is 0 Å². The summed E-state index contributed by atoms with van der Waals surface area (Å²) in [6, 6.07) is 15.0. The van der Waals surface area contributed by atoms with Crippen molar-refractivity contribution in [3.63, 3.8) is 0 Å². The Morgan fingerprint density at radius 3 is 2.67 bits per heavy atom. The third kappa shape index (κ3) is 3.83. The number of anilines is 1. The molecule has 0 fully saturated rings. The van der Waals surface area contributed by atoms with Gasteiger partial charge in [0.15, 0.2) is 0 Å². The Hall–Kier alpha value is -2.61. The summed E-state index contributed by atoms with van der Waals surface area (Å²) in [6.07, 6.45) is 0. The fraction of sp³-hybridized carbons (Fsp3) is 0. The number of rotatable bonds is 2. The Balaban J connectivity index is 1.81. The van der Waals surface area contributed by atoms with Crippen LogP contribution >= 0.6 is 22.9 Å². The summed E-state index contributed by atoms with van der Waals surface area (Å²) in [6.45, 7) is 0. The number of amides is 1. The van der Waals surface area contributed by atoms with Crippen molar-refractivity contribution >= 4 is 34.5 Å². The van der Waals surface area contributed by atoms with Crippen LogP contribution in [0.15, 0.2) is 60.0 Å². The first-order valence-electron chi connectivity index (χ1n) is 7.04. The smallest absolute Gasteiger partial charge is 0.260 e. The zero-order valence-electron chi connectivity index (χ0n) is 12.3. The normalized spacial score (nSPS) is 9.92. The highest BCUT2D eigenvalue weighted by atomic mass is 35.5. The lowest BCUT2D eigenvalue weighted by Gasteiger charge is -2.08. The van der Waals surface area contributed by atoms with Gasteiger partial charge in [0.25, 0.3) is 5.91 Å². The maximum Gasteiger partial charge on any atom is 0.260 e. The summed E-state index contributed by atoms with van der Waals surface area (Å²) in [7, 11) is 0. The highest BCUT2D eigenvalue weighted by molar-refractivity contribution is 7.10. The van der Waals surface area contributed by atoms with E-state index in [0.717, 1.165) is 10.4 Å². The zero-order chi connectivity index (χ0) is 16.9. The quantitative estimate of drug-likeness (QED) is 0.629. The van der Waals surface area contributed by atoms with Gasteiger partial charge in [0.1, 0.15) is 5.82 Å². The van der Waals surface area contributed by atoms with Gasteiger partial charge in [-0.25, -0.2) is 4.39 Å². The molecule has 5 heteroatoms. The third-order valence-electron chi connectivity index (χ3n) is 3.16. The van der Waals surface area contributed by atoms with Gasteiger partial charge in [-0.3, -0.25) is 4.79 Å². The van der Waals surface area contributed by atoms with Gasteiger partial charge in [-0.15, -0.1) is 11.3 Å². The molecule has 0 atom stereocenters. The Bertz CT molecular complexity index is 921. The fourth-order valence-corrected chi connectivity index (χ4v) is 2.89. The number of hydrogen-bond donors (Lipinski definition) is 1. The lowest BCUT2D eigenvalue weighted by atomic mass is 10.1. The predicted octanol–water partition coefficient (Wildman–Crippen LogP) is 5.19. The molecule has 1 aromatic heterocycles. The molecular formula is C19H11ClFNOS. The molecule has 1 amide bonds. The van der Waals surface area contributed by atoms with Crippen LogP contribution in [0.4, 0.5) is 10.1 Å². The third-order valence-corrected chi connectivity index (χ3v) is 4.26. The van der Waals surface area contributed by atoms with Gasteiger partial charge >= 0.3 is 0 Å². The van der Waals surface area contributed by atoms with Gasteiger partial charge in [0, 0.05) is 11.3 Å². The van der Waals surface area contributed by atoms with Gasteiger partial charge in [0.05, 0.1) is 15.5 Å². The molecule has 0 aliphatic carbocycles. The molecule has 3 rings (SSSR count). The molecule has 0 saturated carbocycles. The number of hydrogen-bond acceptors (Lipinski definition) is 2. The molecule has 0 unspecified atom stereocenters. The molecule has 24 heavy (non-hydrogen) atoms. The minimum Gasteiger partial charge on any atom is -0.322 e. The Kier molecular flexibility index (Phi) is 4.95. The molecule has 2 nitrogen and oxygen atoms in total. The Morgan fingerprint density at radius 1 is 1.08 bits per heavy atom. The number of carbonyl (C=O) groups is 1. The predicted molar refractivity (Wildman–Crippen MR) is 96.1 cm³/mol.